The van der Waals surface area contributed by atoms with Gasteiger partial charge in [0.25, 0.3) is 5.91 Å². The molecule has 1 saturated heterocycles. The predicted octanol–water partition coefficient (Wildman–Crippen LogP) is 2.42. The lowest BCUT2D eigenvalue weighted by molar-refractivity contribution is 0.0724. The fourth-order valence-electron chi connectivity index (χ4n) is 3.16. The van der Waals surface area contributed by atoms with Gasteiger partial charge in [-0.15, -0.1) is 0 Å². The molecule has 2 aromatic heterocycles. The zero-order chi connectivity index (χ0) is 17.6. The van der Waals surface area contributed by atoms with E-state index in [0.29, 0.717) is 5.56 Å². The highest BCUT2D eigenvalue weighted by Gasteiger charge is 2.18. The maximum atomic E-state index is 12.6. The lowest BCUT2D eigenvalue weighted by Crippen LogP contribution is -2.35. The number of piperidine rings is 1. The second-order valence-electron chi connectivity index (χ2n) is 6.49. The number of rotatable bonds is 6. The van der Waals surface area contributed by atoms with Crippen molar-refractivity contribution in [3.05, 3.63) is 35.5 Å². The summed E-state index contributed by atoms with van der Waals surface area (Å²) in [5.41, 5.74) is 0.710. The fourth-order valence-corrected chi connectivity index (χ4v) is 3.16. The summed E-state index contributed by atoms with van der Waals surface area (Å²) < 4.78 is 1.92. The van der Waals surface area contributed by atoms with Gasteiger partial charge in [0.05, 0.1) is 0 Å². The Balaban J connectivity index is 1.51. The Hall–Kier alpha value is -2.44. The highest BCUT2D eigenvalue weighted by Crippen LogP contribution is 2.15. The maximum Gasteiger partial charge on any atom is 0.254 e. The third-order valence-electron chi connectivity index (χ3n) is 4.47. The molecule has 0 bridgehead atoms. The van der Waals surface area contributed by atoms with E-state index in [2.05, 4.69) is 20.4 Å². The molecule has 0 aliphatic carbocycles. The lowest BCUT2D eigenvalue weighted by atomic mass is 10.1. The van der Waals surface area contributed by atoms with Crippen molar-refractivity contribution in [3.63, 3.8) is 0 Å². The number of aromatic nitrogens is 4. The highest BCUT2D eigenvalue weighted by atomic mass is 16.2. The van der Waals surface area contributed by atoms with Crippen LogP contribution in [0.15, 0.2) is 18.3 Å². The third kappa shape index (κ3) is 4.55. The minimum absolute atomic E-state index is 0.110. The van der Waals surface area contributed by atoms with E-state index in [1.54, 1.807) is 12.3 Å². The summed E-state index contributed by atoms with van der Waals surface area (Å²) in [6.07, 6.45) is 6.03. The van der Waals surface area contributed by atoms with Crippen LogP contribution in [0.2, 0.25) is 0 Å². The lowest BCUT2D eigenvalue weighted by Gasteiger charge is -2.26. The van der Waals surface area contributed by atoms with Gasteiger partial charge >= 0.3 is 0 Å². The molecule has 25 heavy (non-hydrogen) atoms. The zero-order valence-corrected chi connectivity index (χ0v) is 15.0. The molecule has 0 radical (unpaired) electrons. The van der Waals surface area contributed by atoms with Crippen molar-refractivity contribution >= 4 is 11.7 Å². The van der Waals surface area contributed by atoms with Crippen molar-refractivity contribution in [3.8, 4) is 0 Å². The molecule has 0 atom stereocenters. The number of nitrogens with one attached hydrogen (secondary N) is 1. The number of nitrogens with zero attached hydrogens (tertiary/aromatic N) is 5. The fraction of sp³-hybridized carbons (Fsp3) is 0.556. The molecule has 1 aliphatic rings. The molecule has 1 N–H and O–H groups in total. The zero-order valence-electron chi connectivity index (χ0n) is 15.0. The minimum atomic E-state index is 0.110. The number of aryl methyl sites for hydroxylation is 3. The molecule has 134 valence electrons. The van der Waals surface area contributed by atoms with Gasteiger partial charge in [-0.3, -0.25) is 9.48 Å². The van der Waals surface area contributed by atoms with Crippen LogP contribution in [0, 0.1) is 13.8 Å². The van der Waals surface area contributed by atoms with Gasteiger partial charge in [-0.1, -0.05) is 0 Å². The molecule has 1 amide bonds. The first-order valence-electron chi connectivity index (χ1n) is 9.01. The number of carbonyl (C=O) groups is 1. The van der Waals surface area contributed by atoms with Crippen LogP contribution in [0.4, 0.5) is 5.82 Å². The first kappa shape index (κ1) is 17.4. The van der Waals surface area contributed by atoms with E-state index in [9.17, 15) is 4.79 Å². The Labute approximate surface area is 148 Å². The molecule has 7 heteroatoms. The van der Waals surface area contributed by atoms with E-state index in [-0.39, 0.29) is 5.91 Å². The molecular formula is C18H26N6O. The van der Waals surface area contributed by atoms with Crippen molar-refractivity contribution < 1.29 is 4.79 Å². The molecule has 0 saturated carbocycles. The largest absolute Gasteiger partial charge is 0.370 e. The van der Waals surface area contributed by atoms with E-state index >= 15 is 0 Å². The smallest absolute Gasteiger partial charge is 0.254 e. The Kier molecular flexibility index (Phi) is 5.63. The molecule has 3 heterocycles. The van der Waals surface area contributed by atoms with E-state index in [0.717, 1.165) is 62.9 Å². The van der Waals surface area contributed by atoms with Gasteiger partial charge in [0, 0.05) is 37.9 Å². The van der Waals surface area contributed by atoms with Gasteiger partial charge in [-0.25, -0.2) is 9.97 Å². The highest BCUT2D eigenvalue weighted by molar-refractivity contribution is 5.94. The first-order chi connectivity index (χ1) is 12.1. The van der Waals surface area contributed by atoms with E-state index < -0.39 is 0 Å². The van der Waals surface area contributed by atoms with Crippen molar-refractivity contribution in [2.45, 2.75) is 46.1 Å². The second-order valence-corrected chi connectivity index (χ2v) is 6.49. The Morgan fingerprint density at radius 3 is 2.76 bits per heavy atom. The van der Waals surface area contributed by atoms with Crippen molar-refractivity contribution in [2.75, 3.05) is 25.0 Å². The normalized spacial score (nSPS) is 14.6. The first-order valence-corrected chi connectivity index (χ1v) is 9.01. The molecule has 0 unspecified atom stereocenters. The predicted molar refractivity (Wildman–Crippen MR) is 96.6 cm³/mol. The molecule has 0 spiro atoms. The maximum absolute atomic E-state index is 12.6. The van der Waals surface area contributed by atoms with Gasteiger partial charge in [0.1, 0.15) is 17.5 Å². The summed E-state index contributed by atoms with van der Waals surface area (Å²) in [5.74, 6) is 2.59. The van der Waals surface area contributed by atoms with E-state index in [1.807, 2.05) is 29.5 Å². The van der Waals surface area contributed by atoms with E-state index in [4.69, 9.17) is 0 Å². The monoisotopic (exact) mass is 342 g/mol. The van der Waals surface area contributed by atoms with Crippen molar-refractivity contribution in [1.29, 1.82) is 0 Å². The van der Waals surface area contributed by atoms with Crippen molar-refractivity contribution in [1.82, 2.24) is 24.6 Å². The van der Waals surface area contributed by atoms with Crippen LogP contribution in [0.5, 0.6) is 0 Å². The SMILES string of the molecule is Cc1nc(C)n(CCCNc2cc(C(=O)N3CCCCC3)ccn2)n1. The Bertz CT molecular complexity index is 720. The molecule has 1 aliphatic heterocycles. The number of amides is 1. The summed E-state index contributed by atoms with van der Waals surface area (Å²) in [6.45, 7) is 7.17. The molecule has 2 aromatic rings. The van der Waals surface area contributed by atoms with Crippen LogP contribution in [0.1, 0.15) is 47.7 Å². The van der Waals surface area contributed by atoms with Gasteiger partial charge in [-0.2, -0.15) is 5.10 Å². The number of pyridine rings is 1. The third-order valence-corrected chi connectivity index (χ3v) is 4.47. The van der Waals surface area contributed by atoms with Gasteiger partial charge in [0.15, 0.2) is 0 Å². The molecule has 3 rings (SSSR count). The van der Waals surface area contributed by atoms with Gasteiger partial charge in [-0.05, 0) is 51.7 Å². The van der Waals surface area contributed by atoms with E-state index in [1.165, 1.54) is 6.42 Å². The van der Waals surface area contributed by atoms with Crippen LogP contribution < -0.4 is 5.32 Å². The summed E-state index contributed by atoms with van der Waals surface area (Å²) in [4.78, 5) is 23.1. The Morgan fingerprint density at radius 1 is 1.24 bits per heavy atom. The molecular weight excluding hydrogens is 316 g/mol. The summed E-state index contributed by atoms with van der Waals surface area (Å²) in [5, 5.41) is 7.65. The number of hydrogen-bond donors (Lipinski definition) is 1. The number of hydrogen-bond acceptors (Lipinski definition) is 5. The van der Waals surface area contributed by atoms with Crippen LogP contribution in [0.25, 0.3) is 0 Å². The van der Waals surface area contributed by atoms with Crippen molar-refractivity contribution in [2.24, 2.45) is 0 Å². The van der Waals surface area contributed by atoms with Crippen LogP contribution in [-0.2, 0) is 6.54 Å². The average Bonchev–Trinajstić information content (AvgIpc) is 2.96. The standard InChI is InChI=1S/C18H26N6O/c1-14-21-15(2)24(22-14)12-6-8-19-17-13-16(7-9-20-17)18(25)23-10-4-3-5-11-23/h7,9,13H,3-6,8,10-12H2,1-2H3,(H,19,20). The van der Waals surface area contributed by atoms with Gasteiger partial charge < -0.3 is 10.2 Å². The number of carbonyl (C=O) groups excluding carboxylic acids is 1. The molecule has 0 aromatic carbocycles. The number of likely N-dealkylation sites (tertiary alicyclic amines) is 1. The summed E-state index contributed by atoms with van der Waals surface area (Å²) in [6, 6.07) is 3.64. The minimum Gasteiger partial charge on any atom is -0.370 e. The van der Waals surface area contributed by atoms with Crippen LogP contribution in [-0.4, -0.2) is 50.2 Å². The average molecular weight is 342 g/mol. The van der Waals surface area contributed by atoms with Crippen LogP contribution >= 0.6 is 0 Å². The second kappa shape index (κ2) is 8.09. The van der Waals surface area contributed by atoms with Crippen LogP contribution in [0.3, 0.4) is 0 Å². The quantitative estimate of drug-likeness (QED) is 0.816. The molecule has 1 fully saturated rings. The summed E-state index contributed by atoms with van der Waals surface area (Å²) in [7, 11) is 0. The topological polar surface area (TPSA) is 75.9 Å². The van der Waals surface area contributed by atoms with Gasteiger partial charge in [0.2, 0.25) is 0 Å². The Morgan fingerprint density at radius 2 is 2.04 bits per heavy atom. The molecule has 7 nitrogen and oxygen atoms in total. The summed E-state index contributed by atoms with van der Waals surface area (Å²) >= 11 is 0. The number of anilines is 1.